The van der Waals surface area contributed by atoms with Crippen molar-refractivity contribution >= 4 is 5.97 Å². The number of fused-ring (bicyclic) bond motifs is 2. The van der Waals surface area contributed by atoms with Gasteiger partial charge in [0.1, 0.15) is 24.4 Å². The SMILES string of the molecule is C=CCCC/C=C/C=C/[C@H]1OC(=O)C[C@@H]2O[C@H](C[C@H](O)C[C@H](C)C[C@@H](O)C1(C)C)C[C@H](O[C@@H]1OC[C@@H](OC)[C@H](OC)[C@H]1O)C2(C)C. The highest BCUT2D eigenvalue weighted by atomic mass is 16.7. The van der Waals surface area contributed by atoms with Crippen LogP contribution >= 0.6 is 0 Å². The summed E-state index contributed by atoms with van der Waals surface area (Å²) in [4.78, 5) is 13.7. The van der Waals surface area contributed by atoms with E-state index in [1.165, 1.54) is 7.11 Å². The van der Waals surface area contributed by atoms with Gasteiger partial charge in [0, 0.05) is 31.5 Å². The van der Waals surface area contributed by atoms with Gasteiger partial charge in [0.2, 0.25) is 0 Å². The smallest absolute Gasteiger partial charge is 0.309 e. The van der Waals surface area contributed by atoms with Gasteiger partial charge in [-0.1, -0.05) is 58.9 Å². The van der Waals surface area contributed by atoms with Crippen molar-refractivity contribution in [3.8, 4) is 0 Å². The molecule has 0 aliphatic carbocycles. The lowest BCUT2D eigenvalue weighted by Crippen LogP contribution is -2.59. The zero-order valence-electron chi connectivity index (χ0n) is 29.0. The Hall–Kier alpha value is -1.63. The molecule has 3 aliphatic rings. The monoisotopic (exact) mass is 652 g/mol. The number of carbonyl (C=O) groups excluding carboxylic acids is 1. The third kappa shape index (κ3) is 10.2. The van der Waals surface area contributed by atoms with Crippen LogP contribution in [0.3, 0.4) is 0 Å². The standard InChI is InChI=1S/C36H60O10/c1-9-10-11-12-13-14-15-16-28-35(3,4)27(38)18-23(2)17-24(37)19-25-20-29(36(5,6)30(44-25)21-31(39)45-28)46-34-32(40)33(42-8)26(41-7)22-43-34/h9,13-16,23-30,32-34,37-38,40H,1,10-12,17-22H2,2-8H3/b14-13+,16-15+/t23-,24+,25+,26+,27+,28+,29-,30-,32+,33-,34-/m0/s1. The van der Waals surface area contributed by atoms with Crippen LogP contribution in [0.15, 0.2) is 37.0 Å². The van der Waals surface area contributed by atoms with E-state index in [-0.39, 0.29) is 18.9 Å². The molecule has 2 bridgehead atoms. The summed E-state index contributed by atoms with van der Waals surface area (Å²) in [5, 5.41) is 33.6. The van der Waals surface area contributed by atoms with Crippen LogP contribution in [0, 0.1) is 16.7 Å². The minimum absolute atomic E-state index is 0.00525. The van der Waals surface area contributed by atoms with Gasteiger partial charge in [-0.2, -0.15) is 0 Å². The molecule has 3 fully saturated rings. The quantitative estimate of drug-likeness (QED) is 0.133. The maximum absolute atomic E-state index is 13.7. The number of unbranched alkanes of at least 4 members (excludes halogenated alkanes) is 2. The van der Waals surface area contributed by atoms with Crippen LogP contribution < -0.4 is 0 Å². The second-order valence-electron chi connectivity index (χ2n) is 14.5. The fourth-order valence-electron chi connectivity index (χ4n) is 6.77. The summed E-state index contributed by atoms with van der Waals surface area (Å²) < 4.78 is 35.9. The topological polar surface area (TPSA) is 133 Å². The molecule has 3 aliphatic heterocycles. The van der Waals surface area contributed by atoms with Crippen molar-refractivity contribution < 1.29 is 48.5 Å². The molecule has 0 unspecified atom stereocenters. The van der Waals surface area contributed by atoms with Gasteiger partial charge in [0.05, 0.1) is 43.5 Å². The first-order chi connectivity index (χ1) is 21.7. The van der Waals surface area contributed by atoms with E-state index >= 15 is 0 Å². The van der Waals surface area contributed by atoms with Crippen LogP contribution in [0.2, 0.25) is 0 Å². The number of aliphatic hydroxyl groups excluding tert-OH is 3. The minimum Gasteiger partial charge on any atom is -0.457 e. The van der Waals surface area contributed by atoms with Gasteiger partial charge in [-0.05, 0) is 50.5 Å². The fraction of sp³-hybridized carbons (Fsp3) is 0.806. The van der Waals surface area contributed by atoms with Gasteiger partial charge in [0.25, 0.3) is 0 Å². The van der Waals surface area contributed by atoms with Crippen molar-refractivity contribution in [2.75, 3.05) is 20.8 Å². The van der Waals surface area contributed by atoms with E-state index in [2.05, 4.69) is 12.7 Å². The molecule has 0 radical (unpaired) electrons. The van der Waals surface area contributed by atoms with E-state index in [4.69, 9.17) is 28.4 Å². The fourth-order valence-corrected chi connectivity index (χ4v) is 6.77. The Morgan fingerprint density at radius 2 is 1.72 bits per heavy atom. The van der Waals surface area contributed by atoms with Gasteiger partial charge >= 0.3 is 5.97 Å². The molecular weight excluding hydrogens is 592 g/mol. The summed E-state index contributed by atoms with van der Waals surface area (Å²) in [6.07, 6.45) is 7.36. The first-order valence-corrected chi connectivity index (χ1v) is 16.9. The van der Waals surface area contributed by atoms with Gasteiger partial charge in [0.15, 0.2) is 6.29 Å². The van der Waals surface area contributed by atoms with E-state index < -0.39 is 78.0 Å². The van der Waals surface area contributed by atoms with E-state index in [0.29, 0.717) is 25.7 Å². The number of esters is 1. The number of allylic oxidation sites excluding steroid dienone is 4. The zero-order chi connectivity index (χ0) is 34.1. The lowest BCUT2D eigenvalue weighted by molar-refractivity contribution is -0.314. The van der Waals surface area contributed by atoms with Gasteiger partial charge in [-0.15, -0.1) is 6.58 Å². The molecule has 10 nitrogen and oxygen atoms in total. The molecule has 3 saturated heterocycles. The predicted molar refractivity (Wildman–Crippen MR) is 175 cm³/mol. The predicted octanol–water partition coefficient (Wildman–Crippen LogP) is 4.64. The van der Waals surface area contributed by atoms with Crippen molar-refractivity contribution in [1.29, 1.82) is 0 Å². The van der Waals surface area contributed by atoms with Crippen LogP contribution in [0.1, 0.15) is 86.0 Å². The number of rotatable bonds is 10. The summed E-state index contributed by atoms with van der Waals surface area (Å²) in [6.45, 7) is 13.7. The Morgan fingerprint density at radius 1 is 0.978 bits per heavy atom. The molecule has 46 heavy (non-hydrogen) atoms. The van der Waals surface area contributed by atoms with Crippen LogP contribution in [0.5, 0.6) is 0 Å². The average Bonchev–Trinajstić information content (AvgIpc) is 2.98. The summed E-state index contributed by atoms with van der Waals surface area (Å²) in [7, 11) is 3.05. The molecule has 3 heterocycles. The Labute approximate surface area is 276 Å². The highest BCUT2D eigenvalue weighted by molar-refractivity contribution is 5.70. The van der Waals surface area contributed by atoms with Crippen LogP contribution in [0.25, 0.3) is 0 Å². The second kappa shape index (κ2) is 17.7. The Morgan fingerprint density at radius 3 is 2.39 bits per heavy atom. The Balaban J connectivity index is 1.86. The number of hydrogen-bond acceptors (Lipinski definition) is 10. The Kier molecular flexibility index (Phi) is 14.9. The third-order valence-electron chi connectivity index (χ3n) is 10.1. The van der Waals surface area contributed by atoms with Crippen molar-refractivity contribution in [2.24, 2.45) is 16.7 Å². The number of carbonyl (C=O) groups is 1. The molecule has 10 heteroatoms. The van der Waals surface area contributed by atoms with Crippen molar-refractivity contribution in [3.63, 3.8) is 0 Å². The largest absolute Gasteiger partial charge is 0.457 e. The summed E-state index contributed by atoms with van der Waals surface area (Å²) in [5.41, 5.74) is -1.49. The van der Waals surface area contributed by atoms with Gasteiger partial charge in [-0.3, -0.25) is 4.79 Å². The number of hydrogen-bond donors (Lipinski definition) is 3. The van der Waals surface area contributed by atoms with E-state index in [1.807, 2.05) is 58.9 Å². The van der Waals surface area contributed by atoms with E-state index in [1.54, 1.807) is 7.11 Å². The normalized spacial score (nSPS) is 39.2. The highest BCUT2D eigenvalue weighted by Crippen LogP contribution is 2.43. The first kappa shape index (κ1) is 38.8. The maximum atomic E-state index is 13.7. The molecule has 0 aromatic carbocycles. The zero-order valence-corrected chi connectivity index (χ0v) is 29.0. The summed E-state index contributed by atoms with van der Waals surface area (Å²) in [5.74, 6) is -0.449. The average molecular weight is 653 g/mol. The molecule has 3 rings (SSSR count). The molecular formula is C36H60O10. The number of cyclic esters (lactones) is 1. The number of ether oxygens (including phenoxy) is 6. The van der Waals surface area contributed by atoms with Crippen molar-refractivity contribution in [3.05, 3.63) is 37.0 Å². The van der Waals surface area contributed by atoms with Crippen LogP contribution in [-0.4, -0.2) is 103 Å². The summed E-state index contributed by atoms with van der Waals surface area (Å²) in [6, 6.07) is 0. The first-order valence-electron chi connectivity index (χ1n) is 16.9. The van der Waals surface area contributed by atoms with E-state index in [9.17, 15) is 20.1 Å². The summed E-state index contributed by atoms with van der Waals surface area (Å²) >= 11 is 0. The minimum atomic E-state index is -1.09. The second-order valence-corrected chi connectivity index (χ2v) is 14.5. The third-order valence-corrected chi connectivity index (χ3v) is 10.1. The molecule has 0 aromatic heterocycles. The van der Waals surface area contributed by atoms with Crippen molar-refractivity contribution in [2.45, 2.75) is 147 Å². The lowest BCUT2D eigenvalue weighted by Gasteiger charge is -2.50. The lowest BCUT2D eigenvalue weighted by atomic mass is 9.73. The number of aliphatic hydroxyl groups is 3. The van der Waals surface area contributed by atoms with Gasteiger partial charge < -0.3 is 43.7 Å². The van der Waals surface area contributed by atoms with Crippen molar-refractivity contribution in [1.82, 2.24) is 0 Å². The Bertz CT molecular complexity index is 1010. The molecule has 11 atom stereocenters. The van der Waals surface area contributed by atoms with Crippen LogP contribution in [0.4, 0.5) is 0 Å². The molecule has 264 valence electrons. The molecule has 0 saturated carbocycles. The van der Waals surface area contributed by atoms with Crippen LogP contribution in [-0.2, 0) is 33.2 Å². The number of methoxy groups -OCH3 is 2. The van der Waals surface area contributed by atoms with E-state index in [0.717, 1.165) is 19.3 Å². The maximum Gasteiger partial charge on any atom is 0.309 e. The molecule has 0 aromatic rings. The molecule has 0 amide bonds. The van der Waals surface area contributed by atoms with Gasteiger partial charge in [-0.25, -0.2) is 0 Å². The molecule has 0 spiro atoms. The molecule has 3 N–H and O–H groups in total. The highest BCUT2D eigenvalue weighted by Gasteiger charge is 2.51.